The van der Waals surface area contributed by atoms with Crippen molar-refractivity contribution < 1.29 is 44.5 Å². The zero-order valence-electron chi connectivity index (χ0n) is 30.9. The molecule has 0 saturated heterocycles. The lowest BCUT2D eigenvalue weighted by atomic mass is 10.0. The molecule has 2 heterocycles. The number of sulfonamides is 1. The topological polar surface area (TPSA) is 118 Å². The molecule has 0 spiro atoms. The predicted octanol–water partition coefficient (Wildman–Crippen LogP) is 4.23. The minimum Gasteiger partial charge on any atom is -0.337 e. The van der Waals surface area contributed by atoms with Crippen LogP contribution in [0.25, 0.3) is 0 Å². The summed E-state index contributed by atoms with van der Waals surface area (Å²) in [6, 6.07) is -2.15. The maximum absolute atomic E-state index is 13.7. The van der Waals surface area contributed by atoms with Crippen molar-refractivity contribution in [2.45, 2.75) is 39.2 Å². The predicted molar refractivity (Wildman–Crippen MR) is 115 cm³/mol. The van der Waals surface area contributed by atoms with Crippen LogP contribution in [0.5, 0.6) is 0 Å². The Morgan fingerprint density at radius 2 is 2.13 bits per heavy atom. The van der Waals surface area contributed by atoms with Crippen LogP contribution < -0.4 is 10.0 Å². The number of carbonyl (C=O) groups is 2. The second-order valence-electron chi connectivity index (χ2n) is 5.60. The summed E-state index contributed by atoms with van der Waals surface area (Å²) < 4.78 is 157. The largest absolute Gasteiger partial charge is 0.337 e. The molecular formula is C20H21N3O5S2. The summed E-state index contributed by atoms with van der Waals surface area (Å²) in [6.45, 7) is -12.6. The standard InChI is InChI=1S/C20H21N3O5S2/c1-10-8-11(2)17(15(9-10)14(5)24)21-19(25)18-16(6-7-29-18)30(26,27)23-20-12(3)13(4)22-28-20/h6-9,23H,1-5H3,(H,21,25)/i1D3,2D3,3D3,5D3,8D,9D/hD2. The monoisotopic (exact) mass is 463 g/mol. The van der Waals surface area contributed by atoms with Gasteiger partial charge < -0.3 is 9.83 Å². The summed E-state index contributed by atoms with van der Waals surface area (Å²) in [4.78, 5) is 24.7. The summed E-state index contributed by atoms with van der Waals surface area (Å²) >= 11 is 0.306. The SMILES string of the molecule is [2H]c1c(C(=O)C([2H])([2H])[2H])c(N([2H])C(=O)c2sccc2S(=O)(=O)N([2H])c2onc(C)c2C([2H])([2H])[2H])c(C([2H])([2H])[2H])c([2H])c1C([2H])([2H])[2H]. The lowest BCUT2D eigenvalue weighted by Crippen LogP contribution is -2.20. The minimum atomic E-state index is -5.26. The van der Waals surface area contributed by atoms with Gasteiger partial charge in [-0.1, -0.05) is 11.2 Å². The molecule has 0 saturated carbocycles. The summed E-state index contributed by atoms with van der Waals surface area (Å²) in [5.74, 6) is -4.90. The Hall–Kier alpha value is -2.98. The highest BCUT2D eigenvalue weighted by atomic mass is 32.2. The number of hydrogen-bond donors (Lipinski definition) is 2. The van der Waals surface area contributed by atoms with Gasteiger partial charge in [-0.15, -0.1) is 11.3 Å². The Morgan fingerprint density at radius 1 is 1.30 bits per heavy atom. The minimum absolute atomic E-state index is 0.289. The molecule has 0 aliphatic rings. The van der Waals surface area contributed by atoms with Crippen LogP contribution in [0, 0.1) is 27.5 Å². The number of thiophene rings is 1. The van der Waals surface area contributed by atoms with E-state index < -0.39 is 115 Å². The van der Waals surface area contributed by atoms with Crippen LogP contribution in [0.2, 0.25) is 2.82 Å². The second kappa shape index (κ2) is 8.04. The molecule has 1 aromatic carbocycles. The number of carbonyl (C=O) groups excluding carboxylic acids is 2. The van der Waals surface area contributed by atoms with Crippen LogP contribution in [0.15, 0.2) is 32.9 Å². The third kappa shape index (κ3) is 4.14. The average Bonchev–Trinajstić information content (AvgIpc) is 3.51. The molecule has 0 aliphatic heterocycles. The van der Waals surface area contributed by atoms with E-state index in [0.29, 0.717) is 11.3 Å². The molecule has 8 nitrogen and oxygen atoms in total. The third-order valence-electron chi connectivity index (χ3n) is 3.56. The maximum atomic E-state index is 13.7. The summed E-state index contributed by atoms with van der Waals surface area (Å²) in [5, 5.41) is 3.89. The van der Waals surface area contributed by atoms with Gasteiger partial charge in [0.1, 0.15) is 9.77 Å². The van der Waals surface area contributed by atoms with E-state index in [-0.39, 0.29) is 5.69 Å². The van der Waals surface area contributed by atoms with Crippen molar-refractivity contribution in [3.05, 3.63) is 56.4 Å². The molecule has 0 atom stereocenters. The van der Waals surface area contributed by atoms with E-state index in [1.54, 1.807) is 0 Å². The highest BCUT2D eigenvalue weighted by Crippen LogP contribution is 2.29. The Kier molecular flexibility index (Phi) is 2.42. The molecule has 10 heteroatoms. The summed E-state index contributed by atoms with van der Waals surface area (Å²) in [5.41, 5.74) is -6.88. The maximum Gasteiger partial charge on any atom is 0.267 e. The highest BCUT2D eigenvalue weighted by Gasteiger charge is 2.27. The van der Waals surface area contributed by atoms with E-state index in [1.165, 1.54) is 0 Å². The molecular weight excluding hydrogens is 426 g/mol. The van der Waals surface area contributed by atoms with Crippen molar-refractivity contribution in [1.29, 1.82) is 0 Å². The van der Waals surface area contributed by atoms with E-state index in [0.717, 1.165) is 18.4 Å². The van der Waals surface area contributed by atoms with Crippen LogP contribution in [-0.2, 0) is 10.0 Å². The number of aryl methyl sites for hydroxylation is 1. The lowest BCUT2D eigenvalue weighted by Gasteiger charge is -2.14. The molecule has 0 radical (unpaired) electrons. The fourth-order valence-electron chi connectivity index (χ4n) is 2.19. The Labute approximate surface area is 200 Å². The Balaban J connectivity index is 2.35. The second-order valence-corrected chi connectivity index (χ2v) is 8.09. The van der Waals surface area contributed by atoms with Gasteiger partial charge in [-0.25, -0.2) is 13.1 Å². The molecule has 30 heavy (non-hydrogen) atoms. The molecule has 158 valence electrons. The Bertz CT molecular complexity index is 1820. The van der Waals surface area contributed by atoms with Crippen LogP contribution >= 0.6 is 11.3 Å². The van der Waals surface area contributed by atoms with Gasteiger partial charge >= 0.3 is 0 Å². The van der Waals surface area contributed by atoms with Gasteiger partial charge in [-0.2, -0.15) is 0 Å². The molecule has 0 fully saturated rings. The van der Waals surface area contributed by atoms with Crippen molar-refractivity contribution >= 4 is 44.6 Å². The van der Waals surface area contributed by atoms with E-state index >= 15 is 0 Å². The number of rotatable bonds is 6. The number of amides is 1. The Morgan fingerprint density at radius 3 is 2.83 bits per heavy atom. The molecule has 3 rings (SSSR count). The summed E-state index contributed by atoms with van der Waals surface area (Å²) in [7, 11) is -5.26. The van der Waals surface area contributed by atoms with Crippen molar-refractivity contribution in [3.8, 4) is 0 Å². The molecule has 3 aromatic rings. The van der Waals surface area contributed by atoms with Crippen LogP contribution in [0.1, 0.15) is 68.5 Å². The van der Waals surface area contributed by atoms with Crippen LogP contribution in [0.3, 0.4) is 0 Å². The number of ketones is 1. The van der Waals surface area contributed by atoms with Gasteiger partial charge in [0.05, 0.1) is 14.1 Å². The van der Waals surface area contributed by atoms with E-state index in [4.69, 9.17) is 26.5 Å². The summed E-state index contributed by atoms with van der Waals surface area (Å²) in [6.07, 6.45) is 0. The van der Waals surface area contributed by atoms with Crippen LogP contribution in [0.4, 0.5) is 11.6 Å². The number of nitrogens with one attached hydrogen (secondary N) is 2. The van der Waals surface area contributed by atoms with Gasteiger partial charge in [0, 0.05) is 27.6 Å². The van der Waals surface area contributed by atoms with Crippen molar-refractivity contribution in [3.63, 3.8) is 0 Å². The third-order valence-corrected chi connectivity index (χ3v) is 5.90. The van der Waals surface area contributed by atoms with Gasteiger partial charge in [-0.3, -0.25) is 9.59 Å². The number of aromatic nitrogens is 1. The first kappa shape index (κ1) is 9.03. The van der Waals surface area contributed by atoms with Gasteiger partial charge in [0.2, 0.25) is 5.88 Å². The zero-order valence-corrected chi connectivity index (χ0v) is 16.5. The van der Waals surface area contributed by atoms with E-state index in [1.807, 2.05) is 0 Å². The first-order valence-electron chi connectivity index (χ1n) is 15.6. The fourth-order valence-corrected chi connectivity index (χ4v) is 4.41. The first-order valence-corrected chi connectivity index (χ1v) is 10.0. The molecule has 0 unspecified atom stereocenters. The van der Waals surface area contributed by atoms with Gasteiger partial charge in [-0.05, 0) is 62.9 Å². The van der Waals surface area contributed by atoms with Gasteiger partial charge in [0.15, 0.2) is 8.61 Å². The fraction of sp³-hybridized carbons (Fsp3) is 0.250. The molecule has 2 aromatic heterocycles. The average molecular weight is 464 g/mol. The lowest BCUT2D eigenvalue weighted by molar-refractivity contribution is 0.101. The smallest absolute Gasteiger partial charge is 0.267 e. The molecule has 0 aliphatic carbocycles. The zero-order chi connectivity index (χ0) is 35.7. The molecule has 2 N–H and O–H groups in total. The molecule has 0 bridgehead atoms. The van der Waals surface area contributed by atoms with Crippen molar-refractivity contribution in [1.82, 2.24) is 5.16 Å². The van der Waals surface area contributed by atoms with Crippen molar-refractivity contribution in [2.24, 2.45) is 0 Å². The number of benzene rings is 1. The first-order chi connectivity index (χ1) is 20.6. The quantitative estimate of drug-likeness (QED) is 0.528. The number of anilines is 2. The van der Waals surface area contributed by atoms with E-state index in [9.17, 15) is 18.0 Å². The molecule has 1 amide bonds. The van der Waals surface area contributed by atoms with Crippen molar-refractivity contribution in [2.75, 3.05) is 10.0 Å². The number of hydrogen-bond acceptors (Lipinski definition) is 7. The normalized spacial score (nSPS) is 20.8. The number of nitrogens with zero attached hydrogens (tertiary/aromatic N) is 1. The van der Waals surface area contributed by atoms with Gasteiger partial charge in [0.25, 0.3) is 15.9 Å². The highest BCUT2D eigenvalue weighted by molar-refractivity contribution is 7.93. The van der Waals surface area contributed by atoms with Crippen LogP contribution in [-0.4, -0.2) is 25.3 Å². The van der Waals surface area contributed by atoms with E-state index in [2.05, 4.69) is 5.16 Å². The number of Topliss-reactive ketones (excluding diaryl/α,β-unsaturated/α-hetero) is 1.